The minimum atomic E-state index is -0.0989. The van der Waals surface area contributed by atoms with Crippen molar-refractivity contribution in [3.8, 4) is 0 Å². The van der Waals surface area contributed by atoms with E-state index in [-0.39, 0.29) is 10.8 Å². The lowest BCUT2D eigenvalue weighted by molar-refractivity contribution is 0.443. The number of anilines is 2. The third kappa shape index (κ3) is 4.91. The fourth-order valence-corrected chi connectivity index (χ4v) is 3.01. The molecular formula is C24H34N2. The van der Waals surface area contributed by atoms with Gasteiger partial charge in [-0.05, 0) is 48.1 Å². The third-order valence-electron chi connectivity index (χ3n) is 5.11. The van der Waals surface area contributed by atoms with E-state index in [2.05, 4.69) is 107 Å². The van der Waals surface area contributed by atoms with Crippen LogP contribution in [-0.4, -0.2) is 6.54 Å². The summed E-state index contributed by atoms with van der Waals surface area (Å²) in [7, 11) is 0. The molecule has 2 nitrogen and oxygen atoms in total. The van der Waals surface area contributed by atoms with Gasteiger partial charge in [0.15, 0.2) is 0 Å². The van der Waals surface area contributed by atoms with Crippen LogP contribution in [0.2, 0.25) is 0 Å². The highest BCUT2D eigenvalue weighted by atomic mass is 14.9. The largest absolute Gasteiger partial charge is 0.384 e. The number of nitrogens with one attached hydrogen (secondary N) is 2. The Morgan fingerprint density at radius 1 is 1.00 bits per heavy atom. The Hall–Kier alpha value is -2.22. The molecule has 2 heteroatoms. The lowest BCUT2D eigenvalue weighted by Gasteiger charge is -2.32. The van der Waals surface area contributed by atoms with E-state index in [9.17, 15) is 0 Å². The normalized spacial score (nSPS) is 13.8. The Balaban J connectivity index is 2.15. The van der Waals surface area contributed by atoms with Crippen LogP contribution in [0.3, 0.4) is 0 Å². The van der Waals surface area contributed by atoms with Crippen molar-refractivity contribution in [1.82, 2.24) is 0 Å². The van der Waals surface area contributed by atoms with Crippen molar-refractivity contribution in [2.45, 2.75) is 53.4 Å². The van der Waals surface area contributed by atoms with Crippen molar-refractivity contribution in [2.24, 2.45) is 5.41 Å². The maximum Gasteiger partial charge on any atom is 0.0386 e. The first kappa shape index (κ1) is 20.1. The smallest absolute Gasteiger partial charge is 0.0386 e. The first-order chi connectivity index (χ1) is 12.2. The van der Waals surface area contributed by atoms with Gasteiger partial charge in [-0.2, -0.15) is 0 Å². The second kappa shape index (κ2) is 7.99. The number of aryl methyl sites for hydroxylation is 1. The predicted molar refractivity (Wildman–Crippen MR) is 116 cm³/mol. The predicted octanol–water partition coefficient (Wildman–Crippen LogP) is 6.75. The van der Waals surface area contributed by atoms with Crippen LogP contribution in [0.25, 0.3) is 0 Å². The number of hydrogen-bond acceptors (Lipinski definition) is 2. The molecule has 2 aromatic carbocycles. The van der Waals surface area contributed by atoms with Crippen LogP contribution >= 0.6 is 0 Å². The fourth-order valence-electron chi connectivity index (χ4n) is 3.01. The van der Waals surface area contributed by atoms with Crippen molar-refractivity contribution in [3.63, 3.8) is 0 Å². The lowest BCUT2D eigenvalue weighted by atomic mass is 9.77. The Morgan fingerprint density at radius 3 is 2.19 bits per heavy atom. The molecule has 0 fully saturated rings. The van der Waals surface area contributed by atoms with Crippen molar-refractivity contribution in [1.29, 1.82) is 0 Å². The van der Waals surface area contributed by atoms with Gasteiger partial charge >= 0.3 is 0 Å². The van der Waals surface area contributed by atoms with E-state index in [0.717, 1.165) is 24.4 Å². The van der Waals surface area contributed by atoms with E-state index < -0.39 is 0 Å². The SMILES string of the molecule is C=C(Nc1ccc(NCC(C)(C)C)c(C)c1)C(C)(CC)c1ccccc1. The molecule has 0 aliphatic carbocycles. The van der Waals surface area contributed by atoms with Crippen molar-refractivity contribution >= 4 is 11.4 Å². The molecule has 0 aromatic heterocycles. The maximum atomic E-state index is 4.36. The summed E-state index contributed by atoms with van der Waals surface area (Å²) in [4.78, 5) is 0. The quantitative estimate of drug-likeness (QED) is 0.577. The van der Waals surface area contributed by atoms with Gasteiger partial charge in [-0.3, -0.25) is 0 Å². The molecule has 1 atom stereocenters. The second-order valence-corrected chi connectivity index (χ2v) is 8.60. The van der Waals surface area contributed by atoms with E-state index in [0.29, 0.717) is 0 Å². The summed E-state index contributed by atoms with van der Waals surface area (Å²) in [6.45, 7) is 18.7. The topological polar surface area (TPSA) is 24.1 Å². The summed E-state index contributed by atoms with van der Waals surface area (Å²) in [5.74, 6) is 0. The molecule has 0 aliphatic heterocycles. The molecular weight excluding hydrogens is 316 g/mol. The molecule has 0 saturated heterocycles. The lowest BCUT2D eigenvalue weighted by Crippen LogP contribution is -2.27. The minimum Gasteiger partial charge on any atom is -0.384 e. The Bertz CT molecular complexity index is 741. The van der Waals surface area contributed by atoms with E-state index in [1.807, 2.05) is 0 Å². The van der Waals surface area contributed by atoms with Gasteiger partial charge < -0.3 is 10.6 Å². The van der Waals surface area contributed by atoms with Gasteiger partial charge in [0.2, 0.25) is 0 Å². The van der Waals surface area contributed by atoms with Crippen molar-refractivity contribution in [3.05, 3.63) is 71.9 Å². The summed E-state index contributed by atoms with van der Waals surface area (Å²) in [6.07, 6.45) is 0.993. The zero-order valence-electron chi connectivity index (χ0n) is 17.2. The molecule has 26 heavy (non-hydrogen) atoms. The monoisotopic (exact) mass is 350 g/mol. The van der Waals surface area contributed by atoms with Crippen LogP contribution in [0.1, 0.15) is 52.2 Å². The highest BCUT2D eigenvalue weighted by Crippen LogP contribution is 2.35. The molecule has 0 spiro atoms. The highest BCUT2D eigenvalue weighted by Gasteiger charge is 2.28. The molecule has 0 saturated carbocycles. The van der Waals surface area contributed by atoms with Gasteiger partial charge in [0.1, 0.15) is 0 Å². The van der Waals surface area contributed by atoms with E-state index in [1.54, 1.807) is 0 Å². The fraction of sp³-hybridized carbons (Fsp3) is 0.417. The Labute approximate surface area is 159 Å². The molecule has 0 bridgehead atoms. The summed E-state index contributed by atoms with van der Waals surface area (Å²) in [5, 5.41) is 7.10. The van der Waals surface area contributed by atoms with E-state index in [4.69, 9.17) is 0 Å². The summed E-state index contributed by atoms with van der Waals surface area (Å²) in [6, 6.07) is 17.1. The average Bonchev–Trinajstić information content (AvgIpc) is 2.60. The molecule has 0 aliphatic rings. The van der Waals surface area contributed by atoms with E-state index in [1.165, 1.54) is 16.8 Å². The number of benzene rings is 2. The van der Waals surface area contributed by atoms with Crippen LogP contribution in [0.4, 0.5) is 11.4 Å². The molecule has 140 valence electrons. The zero-order chi connectivity index (χ0) is 19.4. The summed E-state index contributed by atoms with van der Waals surface area (Å²) in [5.41, 5.74) is 6.00. The second-order valence-electron chi connectivity index (χ2n) is 8.60. The minimum absolute atomic E-state index is 0.0989. The van der Waals surface area contributed by atoms with Gasteiger partial charge in [-0.25, -0.2) is 0 Å². The number of rotatable bonds is 7. The molecule has 0 radical (unpaired) electrons. The highest BCUT2D eigenvalue weighted by molar-refractivity contribution is 5.61. The maximum absolute atomic E-state index is 4.36. The molecule has 2 N–H and O–H groups in total. The molecule has 0 heterocycles. The van der Waals surface area contributed by atoms with Gasteiger partial charge in [-0.1, -0.05) is 71.5 Å². The zero-order valence-corrected chi connectivity index (χ0v) is 17.2. The molecule has 0 amide bonds. The average molecular weight is 351 g/mol. The van der Waals surface area contributed by atoms with Crippen LogP contribution < -0.4 is 10.6 Å². The Kier molecular flexibility index (Phi) is 6.17. The van der Waals surface area contributed by atoms with Gasteiger partial charge in [0.25, 0.3) is 0 Å². The first-order valence-electron chi connectivity index (χ1n) is 9.52. The van der Waals surface area contributed by atoms with Crippen LogP contribution in [0.5, 0.6) is 0 Å². The number of hydrogen-bond donors (Lipinski definition) is 2. The number of allylic oxidation sites excluding steroid dienone is 1. The van der Waals surface area contributed by atoms with Crippen LogP contribution in [0, 0.1) is 12.3 Å². The van der Waals surface area contributed by atoms with Gasteiger partial charge in [0.05, 0.1) is 0 Å². The van der Waals surface area contributed by atoms with Crippen molar-refractivity contribution < 1.29 is 0 Å². The third-order valence-corrected chi connectivity index (χ3v) is 5.11. The molecule has 1 unspecified atom stereocenters. The first-order valence-corrected chi connectivity index (χ1v) is 9.52. The van der Waals surface area contributed by atoms with E-state index >= 15 is 0 Å². The summed E-state index contributed by atoms with van der Waals surface area (Å²) < 4.78 is 0. The van der Waals surface area contributed by atoms with Crippen LogP contribution in [-0.2, 0) is 5.41 Å². The van der Waals surface area contributed by atoms with Crippen molar-refractivity contribution in [2.75, 3.05) is 17.2 Å². The Morgan fingerprint density at radius 2 is 1.65 bits per heavy atom. The van der Waals surface area contributed by atoms with Gasteiger partial charge in [-0.15, -0.1) is 0 Å². The summed E-state index contributed by atoms with van der Waals surface area (Å²) >= 11 is 0. The standard InChI is InChI=1S/C24H34N2/c1-8-24(7,20-12-10-9-11-13-20)19(3)26-21-14-15-22(18(2)16-21)25-17-23(4,5)6/h9-16,25-26H,3,8,17H2,1-2,4-7H3. The van der Waals surface area contributed by atoms with Gasteiger partial charge in [0, 0.05) is 29.0 Å². The molecule has 2 rings (SSSR count). The van der Waals surface area contributed by atoms with Crippen LogP contribution in [0.15, 0.2) is 60.8 Å². The molecule has 2 aromatic rings.